The first-order valence-corrected chi connectivity index (χ1v) is 14.0. The maximum absolute atomic E-state index is 6.57. The normalized spacial score (nSPS) is 11.8. The average molecular weight is 539 g/mol. The van der Waals surface area contributed by atoms with Crippen LogP contribution in [-0.4, -0.2) is 9.97 Å². The quantitative estimate of drug-likeness (QED) is 0.224. The van der Waals surface area contributed by atoms with Crippen LogP contribution in [0.1, 0.15) is 0 Å². The summed E-state index contributed by atoms with van der Waals surface area (Å²) in [6, 6.07) is 45.6. The van der Waals surface area contributed by atoms with E-state index in [1.165, 1.54) is 0 Å². The molecule has 0 aliphatic rings. The highest BCUT2D eigenvalue weighted by Crippen LogP contribution is 2.42. The van der Waals surface area contributed by atoms with Gasteiger partial charge >= 0.3 is 0 Å². The number of rotatable bonds is 3. The van der Waals surface area contributed by atoms with Crippen LogP contribution in [0, 0.1) is 0 Å². The van der Waals surface area contributed by atoms with Crippen molar-refractivity contribution in [3.05, 3.63) is 133 Å². The van der Waals surface area contributed by atoms with Crippen LogP contribution >= 0.6 is 0 Å². The summed E-state index contributed by atoms with van der Waals surface area (Å²) in [5.41, 5.74) is 9.03. The van der Waals surface area contributed by atoms with Gasteiger partial charge in [-0.2, -0.15) is 0 Å². The number of fused-ring (bicyclic) bond motifs is 8. The topological polar surface area (TPSA) is 52.1 Å². The first-order chi connectivity index (χ1) is 20.8. The standard InChI is InChI=1S/C38H22N2O2/c1-3-11-23(12-4-1)25-19-20-27-30-22-31(26-15-7-8-16-28(26)36(30)42-33(27)21-25)38-39-34(24-13-5-2-6-14-24)37-35(40-38)29-17-9-10-18-32(29)41-37/h1-22H. The summed E-state index contributed by atoms with van der Waals surface area (Å²) in [4.78, 5) is 10.3. The van der Waals surface area contributed by atoms with Crippen LogP contribution in [0.2, 0.25) is 0 Å². The number of hydrogen-bond donors (Lipinski definition) is 0. The zero-order valence-corrected chi connectivity index (χ0v) is 22.4. The monoisotopic (exact) mass is 538 g/mol. The van der Waals surface area contributed by atoms with Crippen molar-refractivity contribution >= 4 is 54.8 Å². The Morgan fingerprint density at radius 3 is 1.88 bits per heavy atom. The minimum Gasteiger partial charge on any atom is -0.455 e. The maximum Gasteiger partial charge on any atom is 0.180 e. The highest BCUT2D eigenvalue weighted by molar-refractivity contribution is 6.19. The van der Waals surface area contributed by atoms with Gasteiger partial charge in [-0.05, 0) is 46.8 Å². The lowest BCUT2D eigenvalue weighted by atomic mass is 9.98. The van der Waals surface area contributed by atoms with Gasteiger partial charge in [-0.25, -0.2) is 9.97 Å². The molecule has 0 amide bonds. The molecule has 3 aromatic heterocycles. The molecule has 0 aliphatic carbocycles. The first-order valence-electron chi connectivity index (χ1n) is 14.0. The van der Waals surface area contributed by atoms with E-state index >= 15 is 0 Å². The molecule has 9 rings (SSSR count). The van der Waals surface area contributed by atoms with Crippen molar-refractivity contribution in [3.63, 3.8) is 0 Å². The van der Waals surface area contributed by atoms with Crippen LogP contribution in [0.5, 0.6) is 0 Å². The minimum absolute atomic E-state index is 0.654. The molecule has 0 radical (unpaired) electrons. The van der Waals surface area contributed by atoms with E-state index in [2.05, 4.69) is 91.0 Å². The van der Waals surface area contributed by atoms with Crippen molar-refractivity contribution in [3.8, 4) is 33.8 Å². The summed E-state index contributed by atoms with van der Waals surface area (Å²) in [6.07, 6.45) is 0. The molecule has 9 aromatic rings. The van der Waals surface area contributed by atoms with Gasteiger partial charge in [0, 0.05) is 32.7 Å². The van der Waals surface area contributed by atoms with Crippen LogP contribution < -0.4 is 0 Å². The average Bonchev–Trinajstić information content (AvgIpc) is 3.63. The summed E-state index contributed by atoms with van der Waals surface area (Å²) in [7, 11) is 0. The molecule has 6 aromatic carbocycles. The molecule has 4 heteroatoms. The Kier molecular flexibility index (Phi) is 4.87. The fourth-order valence-electron chi connectivity index (χ4n) is 6.10. The molecule has 0 aliphatic heterocycles. The van der Waals surface area contributed by atoms with Gasteiger partial charge in [0.05, 0.1) is 0 Å². The van der Waals surface area contributed by atoms with Crippen molar-refractivity contribution in [1.29, 1.82) is 0 Å². The lowest BCUT2D eigenvalue weighted by Crippen LogP contribution is -1.95. The summed E-state index contributed by atoms with van der Waals surface area (Å²) in [5.74, 6) is 0.654. The van der Waals surface area contributed by atoms with Crippen LogP contribution in [0.25, 0.3) is 88.6 Å². The van der Waals surface area contributed by atoms with E-state index < -0.39 is 0 Å². The van der Waals surface area contributed by atoms with E-state index in [1.54, 1.807) is 0 Å². The number of nitrogens with zero attached hydrogens (tertiary/aromatic N) is 2. The molecule has 42 heavy (non-hydrogen) atoms. The summed E-state index contributed by atoms with van der Waals surface area (Å²) >= 11 is 0. The number of para-hydroxylation sites is 1. The molecule has 0 saturated carbocycles. The second-order valence-corrected chi connectivity index (χ2v) is 10.6. The molecule has 0 unspecified atom stereocenters. The molecule has 0 atom stereocenters. The number of furan rings is 2. The van der Waals surface area contributed by atoms with Crippen molar-refractivity contribution in [1.82, 2.24) is 9.97 Å². The predicted octanol–water partition coefficient (Wildman–Crippen LogP) is 10.4. The van der Waals surface area contributed by atoms with Crippen LogP contribution in [0.4, 0.5) is 0 Å². The lowest BCUT2D eigenvalue weighted by molar-refractivity contribution is 0.667. The van der Waals surface area contributed by atoms with E-state index in [-0.39, 0.29) is 0 Å². The van der Waals surface area contributed by atoms with E-state index in [0.717, 1.165) is 77.1 Å². The zero-order valence-electron chi connectivity index (χ0n) is 22.4. The van der Waals surface area contributed by atoms with E-state index in [1.807, 2.05) is 42.5 Å². The molecule has 0 spiro atoms. The summed E-state index contributed by atoms with van der Waals surface area (Å²) in [6.45, 7) is 0. The third kappa shape index (κ3) is 3.42. The van der Waals surface area contributed by atoms with Gasteiger partial charge in [0.15, 0.2) is 11.4 Å². The fraction of sp³-hybridized carbons (Fsp3) is 0. The highest BCUT2D eigenvalue weighted by Gasteiger charge is 2.21. The van der Waals surface area contributed by atoms with Crippen molar-refractivity contribution in [2.45, 2.75) is 0 Å². The molecule has 0 saturated heterocycles. The van der Waals surface area contributed by atoms with E-state index in [9.17, 15) is 0 Å². The largest absolute Gasteiger partial charge is 0.455 e. The molecule has 0 bridgehead atoms. The molecular weight excluding hydrogens is 516 g/mol. The van der Waals surface area contributed by atoms with Crippen molar-refractivity contribution < 1.29 is 8.83 Å². The van der Waals surface area contributed by atoms with Gasteiger partial charge in [0.25, 0.3) is 0 Å². The molecule has 4 nitrogen and oxygen atoms in total. The minimum atomic E-state index is 0.654. The van der Waals surface area contributed by atoms with Gasteiger partial charge in [-0.15, -0.1) is 0 Å². The fourth-order valence-corrected chi connectivity index (χ4v) is 6.10. The lowest BCUT2D eigenvalue weighted by Gasteiger charge is -2.09. The third-order valence-corrected chi connectivity index (χ3v) is 8.09. The Balaban J connectivity index is 1.36. The first kappa shape index (κ1) is 23.0. The highest BCUT2D eigenvalue weighted by atomic mass is 16.3. The second kappa shape index (κ2) is 8.88. The van der Waals surface area contributed by atoms with Gasteiger partial charge in [-0.3, -0.25) is 0 Å². The predicted molar refractivity (Wildman–Crippen MR) is 170 cm³/mol. The van der Waals surface area contributed by atoms with Crippen molar-refractivity contribution in [2.24, 2.45) is 0 Å². The number of benzene rings is 6. The van der Waals surface area contributed by atoms with Crippen LogP contribution in [-0.2, 0) is 0 Å². The Hall–Kier alpha value is -5.74. The van der Waals surface area contributed by atoms with Gasteiger partial charge < -0.3 is 8.83 Å². The van der Waals surface area contributed by atoms with Crippen LogP contribution in [0.3, 0.4) is 0 Å². The molecule has 0 fully saturated rings. The van der Waals surface area contributed by atoms with E-state index in [0.29, 0.717) is 11.4 Å². The third-order valence-electron chi connectivity index (χ3n) is 8.09. The van der Waals surface area contributed by atoms with Gasteiger partial charge in [0.2, 0.25) is 0 Å². The van der Waals surface area contributed by atoms with Gasteiger partial charge in [-0.1, -0.05) is 103 Å². The smallest absolute Gasteiger partial charge is 0.180 e. The van der Waals surface area contributed by atoms with Gasteiger partial charge in [0.1, 0.15) is 28.0 Å². The summed E-state index contributed by atoms with van der Waals surface area (Å²) in [5, 5.41) is 5.15. The Morgan fingerprint density at radius 1 is 0.405 bits per heavy atom. The number of hydrogen-bond acceptors (Lipinski definition) is 4. The molecule has 196 valence electrons. The Labute approximate surface area is 240 Å². The molecular formula is C38H22N2O2. The van der Waals surface area contributed by atoms with Crippen molar-refractivity contribution in [2.75, 3.05) is 0 Å². The zero-order chi connectivity index (χ0) is 27.6. The summed E-state index contributed by atoms with van der Waals surface area (Å²) < 4.78 is 12.9. The van der Waals surface area contributed by atoms with Crippen LogP contribution in [0.15, 0.2) is 142 Å². The van der Waals surface area contributed by atoms with E-state index in [4.69, 9.17) is 18.8 Å². The second-order valence-electron chi connectivity index (χ2n) is 10.6. The Morgan fingerprint density at radius 2 is 1.07 bits per heavy atom. The molecule has 3 heterocycles. The number of aromatic nitrogens is 2. The molecule has 0 N–H and O–H groups in total. The Bertz CT molecular complexity index is 2460. The maximum atomic E-state index is 6.57. The SMILES string of the molecule is c1ccc(-c2ccc3c(c2)oc2c4ccccc4c(-c4nc(-c5ccccc5)c5oc6ccccc6c5n4)cc32)cc1.